The maximum atomic E-state index is 11.8. The van der Waals surface area contributed by atoms with E-state index in [0.717, 1.165) is 41.1 Å². The summed E-state index contributed by atoms with van der Waals surface area (Å²) in [4.78, 5) is 18.9. The molecule has 3 heterocycles. The Kier molecular flexibility index (Phi) is 2.46. The summed E-state index contributed by atoms with van der Waals surface area (Å²) >= 11 is 0. The highest BCUT2D eigenvalue weighted by Crippen LogP contribution is 2.44. The van der Waals surface area contributed by atoms with Crippen LogP contribution in [0.2, 0.25) is 0 Å². The van der Waals surface area contributed by atoms with Gasteiger partial charge in [-0.25, -0.2) is 4.98 Å². The summed E-state index contributed by atoms with van der Waals surface area (Å²) in [5.41, 5.74) is 7.83. The Hall–Kier alpha value is -2.68. The van der Waals surface area contributed by atoms with Gasteiger partial charge in [0.1, 0.15) is 5.78 Å². The van der Waals surface area contributed by atoms with E-state index in [0.29, 0.717) is 18.6 Å². The lowest BCUT2D eigenvalue weighted by atomic mass is 9.86. The number of carbonyl (C=O) groups is 1. The largest absolute Gasteiger partial charge is 0.335 e. The number of aromatic nitrogens is 1. The molecule has 1 aliphatic carbocycles. The molecule has 2 aliphatic heterocycles. The van der Waals surface area contributed by atoms with E-state index >= 15 is 0 Å². The number of carbonyl (C=O) groups excluding carboxylic acids is 1. The Balaban J connectivity index is 1.71. The minimum Gasteiger partial charge on any atom is -0.335 e. The zero-order chi connectivity index (χ0) is 15.6. The number of ketones is 1. The first-order chi connectivity index (χ1) is 11.2. The van der Waals surface area contributed by atoms with Crippen molar-refractivity contribution in [3.63, 3.8) is 0 Å². The van der Waals surface area contributed by atoms with Crippen molar-refractivity contribution in [1.82, 2.24) is 9.88 Å². The topological polar surface area (TPSA) is 33.2 Å². The van der Waals surface area contributed by atoms with E-state index in [1.54, 1.807) is 0 Å². The van der Waals surface area contributed by atoms with Crippen LogP contribution in [0.5, 0.6) is 0 Å². The summed E-state index contributed by atoms with van der Waals surface area (Å²) in [5, 5.41) is 1.17. The Labute approximate surface area is 134 Å². The number of hydrogen-bond acceptors (Lipinski definition) is 3. The molecule has 0 saturated heterocycles. The van der Waals surface area contributed by atoms with Crippen molar-refractivity contribution >= 4 is 22.4 Å². The zero-order valence-electron chi connectivity index (χ0n) is 12.8. The van der Waals surface area contributed by atoms with Crippen LogP contribution in [-0.4, -0.2) is 15.7 Å². The van der Waals surface area contributed by atoms with Crippen molar-refractivity contribution in [3.8, 4) is 0 Å². The Morgan fingerprint density at radius 2 is 2.04 bits per heavy atom. The third kappa shape index (κ3) is 1.76. The summed E-state index contributed by atoms with van der Waals surface area (Å²) in [6.07, 6.45) is 4.16. The number of benzene rings is 1. The smallest absolute Gasteiger partial charge is 0.137 e. The molecule has 0 fully saturated rings. The SMILES string of the molecule is C=C1C2=C(C=C3c4nc5ccccc5cc4CN13)CC(=O)CC2. The summed E-state index contributed by atoms with van der Waals surface area (Å²) in [5.74, 6) is 0.326. The van der Waals surface area contributed by atoms with E-state index in [2.05, 4.69) is 29.7 Å². The molecule has 0 atom stereocenters. The first-order valence-electron chi connectivity index (χ1n) is 8.02. The monoisotopic (exact) mass is 300 g/mol. The molecule has 3 aliphatic rings. The minimum atomic E-state index is 0.326. The molecule has 0 saturated carbocycles. The van der Waals surface area contributed by atoms with Crippen LogP contribution in [0.4, 0.5) is 0 Å². The first kappa shape index (κ1) is 12.8. The molecule has 3 nitrogen and oxygen atoms in total. The van der Waals surface area contributed by atoms with Crippen LogP contribution in [0.25, 0.3) is 16.6 Å². The summed E-state index contributed by atoms with van der Waals surface area (Å²) in [7, 11) is 0. The normalized spacial score (nSPS) is 19.7. The van der Waals surface area contributed by atoms with Gasteiger partial charge in [-0.05, 0) is 35.8 Å². The Bertz CT molecular complexity index is 965. The minimum absolute atomic E-state index is 0.326. The van der Waals surface area contributed by atoms with E-state index < -0.39 is 0 Å². The van der Waals surface area contributed by atoms with Gasteiger partial charge in [0.15, 0.2) is 0 Å². The third-order valence-electron chi connectivity index (χ3n) is 5.08. The zero-order valence-corrected chi connectivity index (χ0v) is 12.8. The van der Waals surface area contributed by atoms with Crippen LogP contribution in [0.3, 0.4) is 0 Å². The van der Waals surface area contributed by atoms with E-state index in [1.807, 2.05) is 18.2 Å². The van der Waals surface area contributed by atoms with Crippen molar-refractivity contribution in [3.05, 3.63) is 71.1 Å². The molecule has 0 spiro atoms. The van der Waals surface area contributed by atoms with Crippen LogP contribution in [-0.2, 0) is 11.3 Å². The second-order valence-corrected chi connectivity index (χ2v) is 6.47. The van der Waals surface area contributed by atoms with Crippen LogP contribution in [0.1, 0.15) is 30.5 Å². The van der Waals surface area contributed by atoms with Crippen LogP contribution in [0, 0.1) is 0 Å². The molecule has 112 valence electrons. The van der Waals surface area contributed by atoms with Gasteiger partial charge in [-0.3, -0.25) is 4.79 Å². The maximum absolute atomic E-state index is 11.8. The van der Waals surface area contributed by atoms with E-state index in [1.165, 1.54) is 16.5 Å². The van der Waals surface area contributed by atoms with Crippen LogP contribution >= 0.6 is 0 Å². The van der Waals surface area contributed by atoms with Crippen molar-refractivity contribution in [2.75, 3.05) is 0 Å². The van der Waals surface area contributed by atoms with E-state index in [9.17, 15) is 4.79 Å². The molecular weight excluding hydrogens is 284 g/mol. The first-order valence-corrected chi connectivity index (χ1v) is 8.02. The lowest BCUT2D eigenvalue weighted by molar-refractivity contribution is -0.118. The number of nitrogens with zero attached hydrogens (tertiary/aromatic N) is 2. The number of hydrogen-bond donors (Lipinski definition) is 0. The number of fused-ring (bicyclic) bond motifs is 4. The fourth-order valence-corrected chi connectivity index (χ4v) is 3.90. The lowest BCUT2D eigenvalue weighted by Crippen LogP contribution is -2.23. The predicted octanol–water partition coefficient (Wildman–Crippen LogP) is 3.97. The molecule has 1 aromatic heterocycles. The molecule has 0 amide bonds. The highest BCUT2D eigenvalue weighted by atomic mass is 16.1. The average Bonchev–Trinajstić information content (AvgIpc) is 2.91. The maximum Gasteiger partial charge on any atom is 0.137 e. The molecule has 0 unspecified atom stereocenters. The van der Waals surface area contributed by atoms with Gasteiger partial charge >= 0.3 is 0 Å². The van der Waals surface area contributed by atoms with Gasteiger partial charge in [-0.1, -0.05) is 24.8 Å². The number of Topliss-reactive ketones (excluding diaryl/α,β-unsaturated/α-hetero) is 1. The highest BCUT2D eigenvalue weighted by Gasteiger charge is 2.34. The van der Waals surface area contributed by atoms with Crippen molar-refractivity contribution in [2.24, 2.45) is 0 Å². The predicted molar refractivity (Wildman–Crippen MR) is 90.3 cm³/mol. The molecule has 0 N–H and O–H groups in total. The molecule has 3 heteroatoms. The number of pyridine rings is 1. The number of rotatable bonds is 0. The molecule has 0 bridgehead atoms. The van der Waals surface area contributed by atoms with Crippen LogP contribution < -0.4 is 0 Å². The van der Waals surface area contributed by atoms with Gasteiger partial charge in [0.05, 0.1) is 23.5 Å². The highest BCUT2D eigenvalue weighted by molar-refractivity contribution is 5.89. The Morgan fingerprint density at radius 3 is 2.96 bits per heavy atom. The quantitative estimate of drug-likeness (QED) is 0.738. The standard InChI is InChI=1S/C20H16N2O/c1-12-17-7-6-16(23)9-14(17)10-19-20-15(11-22(12)19)8-13-4-2-3-5-18(13)21-20/h2-5,8,10H,1,6-7,9,11H2. The van der Waals surface area contributed by atoms with Crippen LogP contribution in [0.15, 0.2) is 59.8 Å². The fraction of sp³-hybridized carbons (Fsp3) is 0.200. The second-order valence-electron chi connectivity index (χ2n) is 6.47. The molecule has 2 aromatic rings. The Morgan fingerprint density at radius 1 is 1.17 bits per heavy atom. The number of allylic oxidation sites excluding steroid dienone is 3. The average molecular weight is 300 g/mol. The fourth-order valence-electron chi connectivity index (χ4n) is 3.90. The van der Waals surface area contributed by atoms with Gasteiger partial charge in [0, 0.05) is 29.5 Å². The van der Waals surface area contributed by atoms with Gasteiger partial charge in [-0.2, -0.15) is 0 Å². The molecular formula is C20H16N2O. The van der Waals surface area contributed by atoms with Crippen molar-refractivity contribution in [2.45, 2.75) is 25.8 Å². The van der Waals surface area contributed by atoms with Crippen molar-refractivity contribution < 1.29 is 4.79 Å². The summed E-state index contributed by atoms with van der Waals surface area (Å²) in [6.45, 7) is 5.13. The molecule has 5 rings (SSSR count). The van der Waals surface area contributed by atoms with Crippen molar-refractivity contribution in [1.29, 1.82) is 0 Å². The van der Waals surface area contributed by atoms with E-state index in [-0.39, 0.29) is 0 Å². The third-order valence-corrected chi connectivity index (χ3v) is 5.08. The molecule has 1 aromatic carbocycles. The van der Waals surface area contributed by atoms with Gasteiger partial charge in [0.25, 0.3) is 0 Å². The lowest BCUT2D eigenvalue weighted by Gasteiger charge is -2.32. The molecule has 0 radical (unpaired) electrons. The van der Waals surface area contributed by atoms with Gasteiger partial charge in [0.2, 0.25) is 0 Å². The summed E-state index contributed by atoms with van der Waals surface area (Å²) in [6, 6.07) is 10.4. The number of para-hydroxylation sites is 1. The van der Waals surface area contributed by atoms with Gasteiger partial charge < -0.3 is 4.90 Å². The van der Waals surface area contributed by atoms with Gasteiger partial charge in [-0.15, -0.1) is 0 Å². The molecule has 23 heavy (non-hydrogen) atoms. The van der Waals surface area contributed by atoms with E-state index in [4.69, 9.17) is 4.98 Å². The second kappa shape index (κ2) is 4.42. The summed E-state index contributed by atoms with van der Waals surface area (Å²) < 4.78 is 0.